The van der Waals surface area contributed by atoms with E-state index >= 15 is 0 Å². The van der Waals surface area contributed by atoms with Crippen LogP contribution in [-0.2, 0) is 10.2 Å². The first-order valence-electron chi connectivity index (χ1n) is 11.8. The van der Waals surface area contributed by atoms with Gasteiger partial charge in [-0.2, -0.15) is 0 Å². The van der Waals surface area contributed by atoms with Crippen molar-refractivity contribution in [1.29, 1.82) is 0 Å². The van der Waals surface area contributed by atoms with Crippen molar-refractivity contribution in [3.63, 3.8) is 0 Å². The van der Waals surface area contributed by atoms with E-state index in [4.69, 9.17) is 0 Å². The number of carboxylic acids is 1. The van der Waals surface area contributed by atoms with Crippen LogP contribution in [0.2, 0.25) is 0 Å². The van der Waals surface area contributed by atoms with Crippen LogP contribution >= 0.6 is 0 Å². The van der Waals surface area contributed by atoms with Crippen LogP contribution in [-0.4, -0.2) is 32.6 Å². The Morgan fingerprint density at radius 3 is 2.42 bits per heavy atom. The Balaban J connectivity index is 1.79. The Labute approximate surface area is 209 Å². The third-order valence-corrected chi connectivity index (χ3v) is 6.14. The standard InChI is InChI=1S/C29H29N3O4/c1-18(2)31-28(36)24-17-32(27-23(26(24)35)9-6-14-30-27)22-8-5-7-20(15-22)19-10-12-21(13-11-19)29(3,4)16-25(33)34/h5-15,17-18H,16H2,1-4H3,(H,31,36)(H,33,34). The van der Waals surface area contributed by atoms with Crippen molar-refractivity contribution < 1.29 is 14.7 Å². The number of aromatic nitrogens is 2. The maximum absolute atomic E-state index is 13.1. The minimum absolute atomic E-state index is 0.0426. The second-order valence-electron chi connectivity index (χ2n) is 9.83. The molecule has 0 unspecified atom stereocenters. The molecular weight excluding hydrogens is 454 g/mol. The van der Waals surface area contributed by atoms with Gasteiger partial charge in [-0.25, -0.2) is 4.98 Å². The van der Waals surface area contributed by atoms with Crippen LogP contribution in [0.1, 0.15) is 50.0 Å². The minimum Gasteiger partial charge on any atom is -0.481 e. The molecule has 2 aromatic heterocycles. The van der Waals surface area contributed by atoms with Gasteiger partial charge in [0.25, 0.3) is 5.91 Å². The van der Waals surface area contributed by atoms with E-state index in [0.717, 1.165) is 22.4 Å². The lowest BCUT2D eigenvalue weighted by Gasteiger charge is -2.23. The van der Waals surface area contributed by atoms with Gasteiger partial charge in [0.1, 0.15) is 11.2 Å². The zero-order chi connectivity index (χ0) is 26.0. The number of pyridine rings is 2. The third-order valence-electron chi connectivity index (χ3n) is 6.14. The van der Waals surface area contributed by atoms with Crippen molar-refractivity contribution in [2.45, 2.75) is 45.6 Å². The summed E-state index contributed by atoms with van der Waals surface area (Å²) in [7, 11) is 0. The van der Waals surface area contributed by atoms with Gasteiger partial charge in [0, 0.05) is 29.5 Å². The summed E-state index contributed by atoms with van der Waals surface area (Å²) < 4.78 is 1.76. The van der Waals surface area contributed by atoms with Gasteiger partial charge in [-0.05, 0) is 54.8 Å². The zero-order valence-electron chi connectivity index (χ0n) is 20.8. The SMILES string of the molecule is CC(C)NC(=O)c1cn(-c2cccc(-c3ccc(C(C)(C)CC(=O)O)cc3)c2)c2ncccc2c1=O. The maximum Gasteiger partial charge on any atom is 0.304 e. The second kappa shape index (κ2) is 9.77. The predicted molar refractivity (Wildman–Crippen MR) is 141 cm³/mol. The molecule has 0 aliphatic heterocycles. The molecule has 2 heterocycles. The summed E-state index contributed by atoms with van der Waals surface area (Å²) in [6.45, 7) is 7.52. The van der Waals surface area contributed by atoms with E-state index in [1.807, 2.05) is 76.2 Å². The summed E-state index contributed by atoms with van der Waals surface area (Å²) in [6.07, 6.45) is 3.21. The summed E-state index contributed by atoms with van der Waals surface area (Å²) in [5, 5.41) is 12.4. The largest absolute Gasteiger partial charge is 0.481 e. The molecule has 0 spiro atoms. The van der Waals surface area contributed by atoms with Gasteiger partial charge in [-0.1, -0.05) is 50.2 Å². The molecule has 0 fully saturated rings. The number of benzene rings is 2. The number of carboxylic acid groups (broad SMARTS) is 1. The van der Waals surface area contributed by atoms with Crippen LogP contribution in [0.4, 0.5) is 0 Å². The molecule has 184 valence electrons. The molecule has 0 bridgehead atoms. The van der Waals surface area contributed by atoms with Crippen molar-refractivity contribution in [1.82, 2.24) is 14.9 Å². The molecule has 36 heavy (non-hydrogen) atoms. The highest BCUT2D eigenvalue weighted by Gasteiger charge is 2.24. The highest BCUT2D eigenvalue weighted by atomic mass is 16.4. The van der Waals surface area contributed by atoms with E-state index in [1.54, 1.807) is 29.1 Å². The maximum atomic E-state index is 13.1. The number of rotatable bonds is 7. The Morgan fingerprint density at radius 2 is 1.75 bits per heavy atom. The van der Waals surface area contributed by atoms with Gasteiger partial charge in [0.05, 0.1) is 11.8 Å². The van der Waals surface area contributed by atoms with Crippen LogP contribution in [0.3, 0.4) is 0 Å². The van der Waals surface area contributed by atoms with Crippen LogP contribution in [0, 0.1) is 0 Å². The van der Waals surface area contributed by atoms with Crippen LogP contribution in [0.25, 0.3) is 27.8 Å². The van der Waals surface area contributed by atoms with Crippen molar-refractivity contribution >= 4 is 22.9 Å². The number of carbonyl (C=O) groups is 2. The molecule has 4 rings (SSSR count). The van der Waals surface area contributed by atoms with E-state index in [-0.39, 0.29) is 23.5 Å². The summed E-state index contributed by atoms with van der Waals surface area (Å²) in [4.78, 5) is 41.5. The average Bonchev–Trinajstić information content (AvgIpc) is 2.83. The van der Waals surface area contributed by atoms with Gasteiger partial charge in [0.2, 0.25) is 5.43 Å². The molecule has 0 atom stereocenters. The molecule has 0 saturated carbocycles. The number of hydrogen-bond acceptors (Lipinski definition) is 4. The van der Waals surface area contributed by atoms with Gasteiger partial charge in [-0.3, -0.25) is 14.4 Å². The third kappa shape index (κ3) is 5.05. The fourth-order valence-electron chi connectivity index (χ4n) is 4.29. The molecule has 7 nitrogen and oxygen atoms in total. The normalized spacial score (nSPS) is 11.6. The van der Waals surface area contributed by atoms with Gasteiger partial charge in [-0.15, -0.1) is 0 Å². The topological polar surface area (TPSA) is 101 Å². The van der Waals surface area contributed by atoms with Gasteiger partial charge >= 0.3 is 5.97 Å². The van der Waals surface area contributed by atoms with Crippen LogP contribution in [0.15, 0.2) is 77.9 Å². The molecule has 0 aliphatic rings. The number of nitrogens with zero attached hydrogens (tertiary/aromatic N) is 2. The monoisotopic (exact) mass is 483 g/mol. The molecule has 1 amide bonds. The number of nitrogens with one attached hydrogen (secondary N) is 1. The average molecular weight is 484 g/mol. The van der Waals surface area contributed by atoms with E-state index in [1.165, 1.54) is 0 Å². The van der Waals surface area contributed by atoms with E-state index in [9.17, 15) is 19.5 Å². The Bertz CT molecular complexity index is 1500. The first-order chi connectivity index (χ1) is 17.1. The summed E-state index contributed by atoms with van der Waals surface area (Å²) in [5.41, 5.74) is 3.27. The quantitative estimate of drug-likeness (QED) is 0.388. The Morgan fingerprint density at radius 1 is 1.03 bits per heavy atom. The summed E-state index contributed by atoms with van der Waals surface area (Å²) in [5.74, 6) is -1.26. The summed E-state index contributed by atoms with van der Waals surface area (Å²) >= 11 is 0. The lowest BCUT2D eigenvalue weighted by atomic mass is 9.81. The van der Waals surface area contributed by atoms with Gasteiger partial charge < -0.3 is 15.0 Å². The zero-order valence-corrected chi connectivity index (χ0v) is 20.8. The molecule has 2 aromatic carbocycles. The first kappa shape index (κ1) is 24.9. The van der Waals surface area contributed by atoms with E-state index < -0.39 is 17.3 Å². The highest BCUT2D eigenvalue weighted by Crippen LogP contribution is 2.30. The molecule has 4 aromatic rings. The molecule has 2 N–H and O–H groups in total. The fraction of sp³-hybridized carbons (Fsp3) is 0.241. The van der Waals surface area contributed by atoms with E-state index in [0.29, 0.717) is 11.0 Å². The number of hydrogen-bond donors (Lipinski definition) is 2. The molecule has 0 aliphatic carbocycles. The smallest absolute Gasteiger partial charge is 0.304 e. The van der Waals surface area contributed by atoms with E-state index in [2.05, 4.69) is 10.3 Å². The van der Waals surface area contributed by atoms with Crippen molar-refractivity contribution in [3.05, 3.63) is 94.4 Å². The second-order valence-corrected chi connectivity index (χ2v) is 9.83. The fourth-order valence-corrected chi connectivity index (χ4v) is 4.29. The molecule has 0 radical (unpaired) electrons. The van der Waals surface area contributed by atoms with Crippen LogP contribution < -0.4 is 10.7 Å². The first-order valence-corrected chi connectivity index (χ1v) is 11.8. The van der Waals surface area contributed by atoms with Gasteiger partial charge in [0.15, 0.2) is 0 Å². The van der Waals surface area contributed by atoms with Crippen LogP contribution in [0.5, 0.6) is 0 Å². The van der Waals surface area contributed by atoms with Crippen molar-refractivity contribution in [2.75, 3.05) is 0 Å². The highest BCUT2D eigenvalue weighted by molar-refractivity contribution is 5.97. The lowest BCUT2D eigenvalue weighted by molar-refractivity contribution is -0.138. The minimum atomic E-state index is -0.833. The molecule has 7 heteroatoms. The molecule has 0 saturated heterocycles. The molecular formula is C29H29N3O4. The van der Waals surface area contributed by atoms with Crippen molar-refractivity contribution in [3.8, 4) is 16.8 Å². The predicted octanol–water partition coefficient (Wildman–Crippen LogP) is 4.94. The lowest BCUT2D eigenvalue weighted by Crippen LogP contribution is -2.34. The number of amides is 1. The number of carbonyl (C=O) groups excluding carboxylic acids is 1. The Hall–Kier alpha value is -4.26. The Kier molecular flexibility index (Phi) is 6.75. The van der Waals surface area contributed by atoms with Crippen molar-refractivity contribution in [2.24, 2.45) is 0 Å². The summed E-state index contributed by atoms with van der Waals surface area (Å²) in [6, 6.07) is 18.9. The number of fused-ring (bicyclic) bond motifs is 1. The number of aliphatic carboxylic acids is 1.